The molecule has 1 amide bonds. The number of aliphatic carboxylic acids is 1. The number of ether oxygens (including phenoxy) is 1. The van der Waals surface area contributed by atoms with Gasteiger partial charge in [-0.3, -0.25) is 9.59 Å². The zero-order valence-corrected chi connectivity index (χ0v) is 13.3. The van der Waals surface area contributed by atoms with Gasteiger partial charge in [-0.1, -0.05) is 12.1 Å². The van der Waals surface area contributed by atoms with E-state index in [2.05, 4.69) is 4.74 Å². The zero-order valence-electron chi connectivity index (χ0n) is 13.3. The summed E-state index contributed by atoms with van der Waals surface area (Å²) >= 11 is 0. The molecule has 3 rings (SSSR count). The number of hydrogen-bond donors (Lipinski definition) is 1. The molecule has 25 heavy (non-hydrogen) atoms. The second-order valence-electron chi connectivity index (χ2n) is 6.62. The minimum absolute atomic E-state index is 0.147. The topological polar surface area (TPSA) is 66.8 Å². The third kappa shape index (κ3) is 4.31. The zero-order chi connectivity index (χ0) is 18.2. The molecule has 8 heteroatoms. The lowest BCUT2D eigenvalue weighted by Crippen LogP contribution is -2.51. The molecule has 2 fully saturated rings. The molecule has 1 N–H and O–H groups in total. The normalized spacial score (nSPS) is 23.2. The van der Waals surface area contributed by atoms with Crippen molar-refractivity contribution in [3.8, 4) is 0 Å². The van der Waals surface area contributed by atoms with Crippen LogP contribution in [-0.2, 0) is 16.1 Å². The van der Waals surface area contributed by atoms with Gasteiger partial charge in [0.25, 0.3) is 5.91 Å². The van der Waals surface area contributed by atoms with Gasteiger partial charge in [0, 0.05) is 18.7 Å². The minimum Gasteiger partial charge on any atom is -0.481 e. The summed E-state index contributed by atoms with van der Waals surface area (Å²) in [5, 5.41) is 8.92. The van der Waals surface area contributed by atoms with E-state index >= 15 is 0 Å². The summed E-state index contributed by atoms with van der Waals surface area (Å²) in [6.45, 7) is -0.354. The van der Waals surface area contributed by atoms with Crippen LogP contribution in [0.1, 0.15) is 22.3 Å². The molecule has 1 aromatic rings. The monoisotopic (exact) mass is 357 g/mol. The highest BCUT2D eigenvalue weighted by atomic mass is 19.4. The molecule has 1 aliphatic carbocycles. The summed E-state index contributed by atoms with van der Waals surface area (Å²) in [6, 6.07) is 6.28. The molecule has 0 radical (unpaired) electrons. The van der Waals surface area contributed by atoms with Gasteiger partial charge in [-0.15, -0.1) is 0 Å². The first kappa shape index (κ1) is 17.7. The molecule has 1 aromatic carbocycles. The molecule has 2 aliphatic rings. The summed E-state index contributed by atoms with van der Waals surface area (Å²) in [6.07, 6.45) is -3.67. The number of carboxylic acid groups (broad SMARTS) is 1. The number of likely N-dealkylation sites (tertiary alicyclic amines) is 1. The van der Waals surface area contributed by atoms with Crippen LogP contribution in [0, 0.1) is 17.8 Å². The van der Waals surface area contributed by atoms with Gasteiger partial charge >= 0.3 is 12.1 Å². The number of alkyl halides is 3. The van der Waals surface area contributed by atoms with Gasteiger partial charge in [0.05, 0.1) is 12.5 Å². The third-order valence-corrected chi connectivity index (χ3v) is 4.69. The first-order chi connectivity index (χ1) is 11.7. The number of halogens is 3. The highest BCUT2D eigenvalue weighted by Gasteiger charge is 2.52. The molecule has 0 aromatic heterocycles. The van der Waals surface area contributed by atoms with Crippen molar-refractivity contribution in [2.24, 2.45) is 17.8 Å². The number of rotatable bonds is 6. The van der Waals surface area contributed by atoms with Crippen molar-refractivity contribution < 1.29 is 32.6 Å². The molecular weight excluding hydrogens is 339 g/mol. The Labute approximate surface area is 142 Å². The first-order valence-corrected chi connectivity index (χ1v) is 8.00. The summed E-state index contributed by atoms with van der Waals surface area (Å²) in [4.78, 5) is 24.8. The van der Waals surface area contributed by atoms with Crippen LogP contribution in [-0.4, -0.2) is 47.8 Å². The molecule has 0 unspecified atom stereocenters. The average molecular weight is 357 g/mol. The second-order valence-corrected chi connectivity index (χ2v) is 6.62. The van der Waals surface area contributed by atoms with Crippen molar-refractivity contribution in [2.75, 3.05) is 19.7 Å². The smallest absolute Gasteiger partial charge is 0.411 e. The number of carbonyl (C=O) groups is 2. The van der Waals surface area contributed by atoms with Crippen LogP contribution in [0.4, 0.5) is 13.2 Å². The van der Waals surface area contributed by atoms with Crippen molar-refractivity contribution in [1.29, 1.82) is 0 Å². The van der Waals surface area contributed by atoms with E-state index < -0.39 is 18.8 Å². The number of benzene rings is 1. The molecule has 1 heterocycles. The van der Waals surface area contributed by atoms with E-state index in [1.165, 1.54) is 0 Å². The van der Waals surface area contributed by atoms with Gasteiger partial charge in [0.2, 0.25) is 0 Å². The lowest BCUT2D eigenvalue weighted by atomic mass is 9.92. The number of amides is 1. The molecular formula is C17H18F3NO4. The van der Waals surface area contributed by atoms with Gasteiger partial charge in [0.15, 0.2) is 0 Å². The van der Waals surface area contributed by atoms with Crippen LogP contribution in [0.2, 0.25) is 0 Å². The average Bonchev–Trinajstić information content (AvgIpc) is 3.25. The summed E-state index contributed by atoms with van der Waals surface area (Å²) in [7, 11) is 0. The van der Waals surface area contributed by atoms with E-state index in [4.69, 9.17) is 5.11 Å². The van der Waals surface area contributed by atoms with E-state index in [1.54, 1.807) is 29.2 Å². The Bertz CT molecular complexity index is 653. The van der Waals surface area contributed by atoms with Crippen LogP contribution in [0.5, 0.6) is 0 Å². The Hall–Kier alpha value is -2.09. The first-order valence-electron chi connectivity index (χ1n) is 8.00. The van der Waals surface area contributed by atoms with Gasteiger partial charge in [-0.25, -0.2) is 0 Å². The third-order valence-electron chi connectivity index (χ3n) is 4.69. The molecule has 1 saturated carbocycles. The van der Waals surface area contributed by atoms with Crippen molar-refractivity contribution in [3.05, 3.63) is 35.4 Å². The maximum absolute atomic E-state index is 12.3. The fraction of sp³-hybridized carbons (Fsp3) is 0.529. The highest BCUT2D eigenvalue weighted by Crippen LogP contribution is 2.47. The predicted octanol–water partition coefficient (Wildman–Crippen LogP) is 2.56. The quantitative estimate of drug-likeness (QED) is 0.850. The number of hydrogen-bond acceptors (Lipinski definition) is 3. The number of nitrogens with zero attached hydrogens (tertiary/aromatic N) is 1. The Morgan fingerprint density at radius 1 is 1.20 bits per heavy atom. The fourth-order valence-corrected chi connectivity index (χ4v) is 3.18. The van der Waals surface area contributed by atoms with E-state index in [-0.39, 0.29) is 30.3 Å². The van der Waals surface area contributed by atoms with Crippen LogP contribution in [0.15, 0.2) is 24.3 Å². The Morgan fingerprint density at radius 3 is 2.36 bits per heavy atom. The number of carbonyl (C=O) groups excluding carboxylic acids is 1. The second kappa shape index (κ2) is 6.67. The van der Waals surface area contributed by atoms with E-state index in [1.807, 2.05) is 0 Å². The van der Waals surface area contributed by atoms with Crippen molar-refractivity contribution >= 4 is 11.9 Å². The lowest BCUT2D eigenvalue weighted by molar-refractivity contribution is -0.176. The molecule has 0 spiro atoms. The summed E-state index contributed by atoms with van der Waals surface area (Å²) in [5.74, 6) is -0.752. The molecule has 136 valence electrons. The SMILES string of the molecule is O=C(O)[C@@H]1C[C@H]1C1CN(C(=O)c2ccc(COCC(F)(F)F)cc2)C1. The molecule has 0 bridgehead atoms. The Morgan fingerprint density at radius 2 is 1.84 bits per heavy atom. The lowest BCUT2D eigenvalue weighted by Gasteiger charge is -2.39. The van der Waals surface area contributed by atoms with Gasteiger partial charge in [0.1, 0.15) is 6.61 Å². The molecule has 2 atom stereocenters. The van der Waals surface area contributed by atoms with Crippen molar-refractivity contribution in [1.82, 2.24) is 4.90 Å². The minimum atomic E-state index is -4.36. The maximum atomic E-state index is 12.3. The van der Waals surface area contributed by atoms with E-state index in [9.17, 15) is 22.8 Å². The van der Waals surface area contributed by atoms with Crippen molar-refractivity contribution in [2.45, 2.75) is 19.2 Å². The summed E-state index contributed by atoms with van der Waals surface area (Å²) < 4.78 is 40.6. The van der Waals surface area contributed by atoms with Gasteiger partial charge in [-0.05, 0) is 36.0 Å². The standard InChI is InChI=1S/C17H18F3NO4/c18-17(19,20)9-25-8-10-1-3-11(4-2-10)15(22)21-6-12(7-21)13-5-14(13)16(23)24/h1-4,12-14H,5-9H2,(H,23,24)/t13-,14+/m0/s1. The van der Waals surface area contributed by atoms with Crippen LogP contribution in [0.3, 0.4) is 0 Å². The molecule has 1 aliphatic heterocycles. The van der Waals surface area contributed by atoms with Gasteiger partial charge < -0.3 is 14.7 Å². The van der Waals surface area contributed by atoms with Gasteiger partial charge in [-0.2, -0.15) is 13.2 Å². The fourth-order valence-electron chi connectivity index (χ4n) is 3.18. The Kier molecular flexibility index (Phi) is 4.73. The van der Waals surface area contributed by atoms with Crippen LogP contribution < -0.4 is 0 Å². The number of carboxylic acids is 1. The largest absolute Gasteiger partial charge is 0.481 e. The summed E-state index contributed by atoms with van der Waals surface area (Å²) in [5.41, 5.74) is 1.02. The van der Waals surface area contributed by atoms with Crippen molar-refractivity contribution in [3.63, 3.8) is 0 Å². The Balaban J connectivity index is 1.45. The molecule has 1 saturated heterocycles. The molecule has 5 nitrogen and oxygen atoms in total. The highest BCUT2D eigenvalue weighted by molar-refractivity contribution is 5.94. The van der Waals surface area contributed by atoms with Crippen LogP contribution >= 0.6 is 0 Å². The van der Waals surface area contributed by atoms with E-state index in [0.29, 0.717) is 30.6 Å². The maximum Gasteiger partial charge on any atom is 0.411 e. The van der Waals surface area contributed by atoms with Crippen LogP contribution in [0.25, 0.3) is 0 Å². The predicted molar refractivity (Wildman–Crippen MR) is 80.8 cm³/mol. The van der Waals surface area contributed by atoms with E-state index in [0.717, 1.165) is 0 Å².